The summed E-state index contributed by atoms with van der Waals surface area (Å²) in [6.07, 6.45) is 3.12. The summed E-state index contributed by atoms with van der Waals surface area (Å²) in [5, 5.41) is 0. The Labute approximate surface area is 97.0 Å². The molecule has 3 rings (SSSR count). The third kappa shape index (κ3) is 1.85. The molecule has 0 aliphatic rings. The van der Waals surface area contributed by atoms with Crippen molar-refractivity contribution in [3.8, 4) is 11.3 Å². The molecule has 0 aliphatic carbocycles. The first-order valence-corrected chi connectivity index (χ1v) is 5.17. The summed E-state index contributed by atoms with van der Waals surface area (Å²) in [6.45, 7) is 0. The van der Waals surface area contributed by atoms with Gasteiger partial charge in [0, 0.05) is 11.8 Å². The molecule has 17 heavy (non-hydrogen) atoms. The van der Waals surface area contributed by atoms with Crippen LogP contribution in [-0.2, 0) is 0 Å². The SMILES string of the molecule is Fc1ccc(-c2cnc3ccccc3n2)cn1. The van der Waals surface area contributed by atoms with Crippen molar-refractivity contribution in [2.75, 3.05) is 0 Å². The molecule has 0 bridgehead atoms. The van der Waals surface area contributed by atoms with Gasteiger partial charge in [-0.3, -0.25) is 4.98 Å². The smallest absolute Gasteiger partial charge is 0.212 e. The molecule has 82 valence electrons. The molecule has 0 saturated carbocycles. The Balaban J connectivity index is 2.14. The summed E-state index contributed by atoms with van der Waals surface area (Å²) in [5.41, 5.74) is 3.10. The van der Waals surface area contributed by atoms with Crippen LogP contribution < -0.4 is 0 Å². The second-order valence-corrected chi connectivity index (χ2v) is 3.61. The van der Waals surface area contributed by atoms with E-state index < -0.39 is 5.95 Å². The first-order valence-electron chi connectivity index (χ1n) is 5.17. The van der Waals surface area contributed by atoms with Gasteiger partial charge in [-0.05, 0) is 24.3 Å². The zero-order valence-electron chi connectivity index (χ0n) is 8.84. The van der Waals surface area contributed by atoms with E-state index >= 15 is 0 Å². The second-order valence-electron chi connectivity index (χ2n) is 3.61. The summed E-state index contributed by atoms with van der Waals surface area (Å²) in [5.74, 6) is -0.498. The maximum Gasteiger partial charge on any atom is 0.212 e. The number of para-hydroxylation sites is 2. The quantitative estimate of drug-likeness (QED) is 0.598. The van der Waals surface area contributed by atoms with Crippen molar-refractivity contribution in [1.29, 1.82) is 0 Å². The van der Waals surface area contributed by atoms with Crippen LogP contribution in [0.3, 0.4) is 0 Å². The topological polar surface area (TPSA) is 38.7 Å². The molecule has 2 heterocycles. The van der Waals surface area contributed by atoms with Crippen LogP contribution in [0.4, 0.5) is 4.39 Å². The van der Waals surface area contributed by atoms with E-state index in [0.717, 1.165) is 16.6 Å². The molecule has 0 atom stereocenters. The van der Waals surface area contributed by atoms with Crippen molar-refractivity contribution in [2.45, 2.75) is 0 Å². The third-order valence-electron chi connectivity index (χ3n) is 2.47. The Morgan fingerprint density at radius 1 is 0.824 bits per heavy atom. The van der Waals surface area contributed by atoms with Crippen LogP contribution in [0, 0.1) is 5.95 Å². The molecular weight excluding hydrogens is 217 g/mol. The fraction of sp³-hybridized carbons (Fsp3) is 0. The van der Waals surface area contributed by atoms with Gasteiger partial charge in [-0.2, -0.15) is 4.39 Å². The number of pyridine rings is 1. The Morgan fingerprint density at radius 3 is 2.41 bits per heavy atom. The molecule has 3 aromatic rings. The van der Waals surface area contributed by atoms with Gasteiger partial charge in [-0.25, -0.2) is 9.97 Å². The molecule has 0 aliphatic heterocycles. The van der Waals surface area contributed by atoms with Crippen molar-refractivity contribution in [3.05, 3.63) is 54.7 Å². The van der Waals surface area contributed by atoms with Crippen LogP contribution in [-0.4, -0.2) is 15.0 Å². The Hall–Kier alpha value is -2.36. The van der Waals surface area contributed by atoms with Gasteiger partial charge in [-0.1, -0.05) is 12.1 Å². The van der Waals surface area contributed by atoms with Gasteiger partial charge < -0.3 is 0 Å². The minimum absolute atomic E-state index is 0.498. The molecule has 4 heteroatoms. The van der Waals surface area contributed by atoms with Crippen LogP contribution in [0.5, 0.6) is 0 Å². The molecular formula is C13H8FN3. The first-order chi connectivity index (χ1) is 8.33. The molecule has 0 N–H and O–H groups in total. The average Bonchev–Trinajstić information content (AvgIpc) is 2.39. The fourth-order valence-electron chi connectivity index (χ4n) is 1.62. The highest BCUT2D eigenvalue weighted by atomic mass is 19.1. The van der Waals surface area contributed by atoms with Crippen LogP contribution >= 0.6 is 0 Å². The van der Waals surface area contributed by atoms with E-state index in [1.54, 1.807) is 12.3 Å². The summed E-state index contributed by atoms with van der Waals surface area (Å²) in [6, 6.07) is 10.6. The Kier molecular flexibility index (Phi) is 2.26. The molecule has 0 spiro atoms. The lowest BCUT2D eigenvalue weighted by molar-refractivity contribution is 0.584. The van der Waals surface area contributed by atoms with Crippen LogP contribution in [0.2, 0.25) is 0 Å². The second kappa shape index (κ2) is 3.90. The lowest BCUT2D eigenvalue weighted by Crippen LogP contribution is -1.89. The number of fused-ring (bicyclic) bond motifs is 1. The van der Waals surface area contributed by atoms with Gasteiger partial charge in [0.25, 0.3) is 0 Å². The summed E-state index contributed by atoms with van der Waals surface area (Å²) >= 11 is 0. The number of aromatic nitrogens is 3. The minimum atomic E-state index is -0.498. The normalized spacial score (nSPS) is 10.6. The largest absolute Gasteiger partial charge is 0.252 e. The lowest BCUT2D eigenvalue weighted by Gasteiger charge is -2.01. The number of halogens is 1. The number of nitrogens with zero attached hydrogens (tertiary/aromatic N) is 3. The van der Waals surface area contributed by atoms with Gasteiger partial charge in [0.15, 0.2) is 0 Å². The highest BCUT2D eigenvalue weighted by Crippen LogP contribution is 2.18. The highest BCUT2D eigenvalue weighted by Gasteiger charge is 2.02. The molecule has 2 aromatic heterocycles. The van der Waals surface area contributed by atoms with E-state index in [1.807, 2.05) is 24.3 Å². The van der Waals surface area contributed by atoms with Gasteiger partial charge in [0.05, 0.1) is 22.9 Å². The highest BCUT2D eigenvalue weighted by molar-refractivity contribution is 5.76. The van der Waals surface area contributed by atoms with Crippen molar-refractivity contribution < 1.29 is 4.39 Å². The predicted octanol–water partition coefficient (Wildman–Crippen LogP) is 2.83. The van der Waals surface area contributed by atoms with Crippen molar-refractivity contribution in [2.24, 2.45) is 0 Å². The summed E-state index contributed by atoms with van der Waals surface area (Å²) < 4.78 is 12.7. The van der Waals surface area contributed by atoms with E-state index in [1.165, 1.54) is 12.3 Å². The molecule has 0 radical (unpaired) electrons. The zero-order chi connectivity index (χ0) is 11.7. The van der Waals surface area contributed by atoms with Gasteiger partial charge in [0.1, 0.15) is 0 Å². The summed E-state index contributed by atoms with van der Waals surface area (Å²) in [4.78, 5) is 12.3. The maximum absolute atomic E-state index is 12.7. The number of hydrogen-bond donors (Lipinski definition) is 0. The van der Waals surface area contributed by atoms with Crippen molar-refractivity contribution in [3.63, 3.8) is 0 Å². The Morgan fingerprint density at radius 2 is 1.65 bits per heavy atom. The van der Waals surface area contributed by atoms with Crippen LogP contribution in [0.1, 0.15) is 0 Å². The van der Waals surface area contributed by atoms with E-state index in [4.69, 9.17) is 0 Å². The van der Waals surface area contributed by atoms with Crippen molar-refractivity contribution >= 4 is 11.0 Å². The standard InChI is InChI=1S/C13H8FN3/c14-13-6-5-9(7-16-13)12-8-15-10-3-1-2-4-11(10)17-12/h1-8H. The van der Waals surface area contributed by atoms with Gasteiger partial charge in [0.2, 0.25) is 5.95 Å². The molecule has 0 saturated heterocycles. The Bertz CT molecular complexity index is 665. The fourth-order valence-corrected chi connectivity index (χ4v) is 1.62. The predicted molar refractivity (Wildman–Crippen MR) is 62.7 cm³/mol. The zero-order valence-corrected chi connectivity index (χ0v) is 8.84. The van der Waals surface area contributed by atoms with E-state index in [0.29, 0.717) is 5.69 Å². The van der Waals surface area contributed by atoms with E-state index in [9.17, 15) is 4.39 Å². The van der Waals surface area contributed by atoms with Crippen LogP contribution in [0.15, 0.2) is 48.8 Å². The lowest BCUT2D eigenvalue weighted by atomic mass is 10.2. The summed E-state index contributed by atoms with van der Waals surface area (Å²) in [7, 11) is 0. The number of hydrogen-bond acceptors (Lipinski definition) is 3. The first kappa shape index (κ1) is 9.84. The molecule has 0 amide bonds. The van der Waals surface area contributed by atoms with E-state index in [2.05, 4.69) is 15.0 Å². The van der Waals surface area contributed by atoms with Crippen LogP contribution in [0.25, 0.3) is 22.3 Å². The third-order valence-corrected chi connectivity index (χ3v) is 2.47. The number of rotatable bonds is 1. The van der Waals surface area contributed by atoms with Crippen molar-refractivity contribution in [1.82, 2.24) is 15.0 Å². The molecule has 0 fully saturated rings. The van der Waals surface area contributed by atoms with Gasteiger partial charge in [-0.15, -0.1) is 0 Å². The average molecular weight is 225 g/mol. The minimum Gasteiger partial charge on any atom is -0.252 e. The molecule has 3 nitrogen and oxygen atoms in total. The monoisotopic (exact) mass is 225 g/mol. The maximum atomic E-state index is 12.7. The van der Waals surface area contributed by atoms with E-state index in [-0.39, 0.29) is 0 Å². The van der Waals surface area contributed by atoms with Gasteiger partial charge >= 0.3 is 0 Å². The molecule has 0 unspecified atom stereocenters. The number of benzene rings is 1. The molecule has 1 aromatic carbocycles.